The van der Waals surface area contributed by atoms with Crippen LogP contribution in [0.3, 0.4) is 0 Å². The van der Waals surface area contributed by atoms with Gasteiger partial charge in [-0.15, -0.1) is 11.3 Å². The topological polar surface area (TPSA) is 25.4 Å². The lowest BCUT2D eigenvalue weighted by Crippen LogP contribution is -2.36. The average Bonchev–Trinajstić information content (AvgIpc) is 2.93. The normalized spacial score (nSPS) is 17.2. The molecular weight excluding hydrogens is 280 g/mol. The predicted octanol–water partition coefficient (Wildman–Crippen LogP) is 3.63. The number of likely N-dealkylation sites (tertiary alicyclic amines) is 1. The Bertz CT molecular complexity index is 547. The van der Waals surface area contributed by atoms with Gasteiger partial charge < -0.3 is 4.74 Å². The molecule has 0 saturated carbocycles. The highest BCUT2D eigenvalue weighted by atomic mass is 32.1. The average molecular weight is 302 g/mol. The zero-order valence-corrected chi connectivity index (χ0v) is 13.3. The van der Waals surface area contributed by atoms with Crippen molar-refractivity contribution in [3.05, 3.63) is 52.0 Å². The molecule has 1 fully saturated rings. The monoisotopic (exact) mass is 302 g/mol. The summed E-state index contributed by atoms with van der Waals surface area (Å²) in [5, 5.41) is 1.23. The summed E-state index contributed by atoms with van der Waals surface area (Å²) in [6.45, 7) is 6.06. The smallest absolute Gasteiger partial charge is 0.107 e. The molecule has 0 spiro atoms. The van der Waals surface area contributed by atoms with Crippen LogP contribution in [-0.2, 0) is 17.9 Å². The molecule has 1 aliphatic rings. The summed E-state index contributed by atoms with van der Waals surface area (Å²) in [5.74, 6) is 0. The van der Waals surface area contributed by atoms with E-state index in [9.17, 15) is 0 Å². The number of nitrogens with zero attached hydrogens (tertiary/aromatic N) is 2. The molecule has 3 rings (SSSR count). The fraction of sp³-hybridized carbons (Fsp3) is 0.471. The van der Waals surface area contributed by atoms with Gasteiger partial charge >= 0.3 is 0 Å². The van der Waals surface area contributed by atoms with Gasteiger partial charge in [0.15, 0.2) is 0 Å². The first kappa shape index (κ1) is 14.7. The molecule has 1 aromatic heterocycles. The van der Waals surface area contributed by atoms with Crippen LogP contribution in [0.1, 0.15) is 28.3 Å². The third-order valence-corrected chi connectivity index (χ3v) is 4.79. The molecule has 0 N–H and O–H groups in total. The van der Waals surface area contributed by atoms with Crippen LogP contribution in [0.25, 0.3) is 0 Å². The van der Waals surface area contributed by atoms with E-state index in [1.807, 2.05) is 12.3 Å². The first-order valence-corrected chi connectivity index (χ1v) is 8.40. The van der Waals surface area contributed by atoms with Gasteiger partial charge in [-0.3, -0.25) is 4.90 Å². The van der Waals surface area contributed by atoms with Crippen LogP contribution in [0, 0.1) is 6.92 Å². The number of ether oxygens (including phenoxy) is 1. The number of thiazole rings is 1. The minimum Gasteiger partial charge on any atom is -0.373 e. The Morgan fingerprint density at radius 2 is 2.00 bits per heavy atom. The Labute approximate surface area is 130 Å². The summed E-state index contributed by atoms with van der Waals surface area (Å²) < 4.78 is 6.03. The molecule has 0 aliphatic carbocycles. The van der Waals surface area contributed by atoms with E-state index < -0.39 is 0 Å². The minimum atomic E-state index is 0.402. The van der Waals surface area contributed by atoms with Gasteiger partial charge in [0.1, 0.15) is 5.01 Å². The van der Waals surface area contributed by atoms with Crippen molar-refractivity contribution >= 4 is 11.3 Å². The van der Waals surface area contributed by atoms with Crippen molar-refractivity contribution in [2.24, 2.45) is 0 Å². The van der Waals surface area contributed by atoms with Gasteiger partial charge in [-0.25, -0.2) is 4.98 Å². The molecule has 1 saturated heterocycles. The van der Waals surface area contributed by atoms with Crippen molar-refractivity contribution < 1.29 is 4.74 Å². The highest BCUT2D eigenvalue weighted by molar-refractivity contribution is 7.11. The first-order chi connectivity index (χ1) is 10.3. The number of benzene rings is 1. The molecule has 0 amide bonds. The number of piperidine rings is 1. The third kappa shape index (κ3) is 4.37. The second kappa shape index (κ2) is 7.16. The maximum atomic E-state index is 6.03. The second-order valence-electron chi connectivity index (χ2n) is 5.64. The van der Waals surface area contributed by atoms with Gasteiger partial charge in [-0.2, -0.15) is 0 Å². The van der Waals surface area contributed by atoms with E-state index in [2.05, 4.69) is 41.1 Å². The second-order valence-corrected chi connectivity index (χ2v) is 6.96. The maximum absolute atomic E-state index is 6.03. The summed E-state index contributed by atoms with van der Waals surface area (Å²) in [7, 11) is 0. The number of hydrogen-bond acceptors (Lipinski definition) is 4. The standard InChI is InChI=1S/C17H22N2OS/c1-14-11-18-17(21-14)12-19-9-7-16(8-10-19)20-13-15-5-3-2-4-6-15/h2-6,11,16H,7-10,12-13H2,1H3. The van der Waals surface area contributed by atoms with E-state index >= 15 is 0 Å². The highest BCUT2D eigenvalue weighted by Gasteiger charge is 2.20. The van der Waals surface area contributed by atoms with Gasteiger partial charge in [0.05, 0.1) is 19.3 Å². The van der Waals surface area contributed by atoms with Crippen LogP contribution in [0.5, 0.6) is 0 Å². The minimum absolute atomic E-state index is 0.402. The molecule has 2 heterocycles. The van der Waals surface area contributed by atoms with Crippen LogP contribution in [0.4, 0.5) is 0 Å². The SMILES string of the molecule is Cc1cnc(CN2CCC(OCc3ccccc3)CC2)s1. The van der Waals surface area contributed by atoms with E-state index in [1.54, 1.807) is 11.3 Å². The van der Waals surface area contributed by atoms with Crippen LogP contribution < -0.4 is 0 Å². The molecule has 3 nitrogen and oxygen atoms in total. The van der Waals surface area contributed by atoms with Gasteiger partial charge in [0.2, 0.25) is 0 Å². The molecular formula is C17H22N2OS. The molecule has 0 unspecified atom stereocenters. The zero-order chi connectivity index (χ0) is 14.5. The van der Waals surface area contributed by atoms with Crippen LogP contribution in [0.2, 0.25) is 0 Å². The summed E-state index contributed by atoms with van der Waals surface area (Å²) in [5.41, 5.74) is 1.26. The summed E-state index contributed by atoms with van der Waals surface area (Å²) >= 11 is 1.81. The van der Waals surface area contributed by atoms with Gasteiger partial charge in [0, 0.05) is 24.2 Å². The molecule has 21 heavy (non-hydrogen) atoms. The summed E-state index contributed by atoms with van der Waals surface area (Å²) in [4.78, 5) is 8.23. The lowest BCUT2D eigenvalue weighted by molar-refractivity contribution is -0.00394. The number of aromatic nitrogens is 1. The maximum Gasteiger partial charge on any atom is 0.107 e. The molecule has 1 aliphatic heterocycles. The van der Waals surface area contributed by atoms with E-state index in [0.717, 1.165) is 39.1 Å². The Kier molecular flexibility index (Phi) is 5.01. The largest absolute Gasteiger partial charge is 0.373 e. The molecule has 4 heteroatoms. The van der Waals surface area contributed by atoms with Crippen molar-refractivity contribution in [1.82, 2.24) is 9.88 Å². The molecule has 0 radical (unpaired) electrons. The molecule has 0 atom stereocenters. The number of rotatable bonds is 5. The van der Waals surface area contributed by atoms with E-state index in [4.69, 9.17) is 4.74 Å². The number of aryl methyl sites for hydroxylation is 1. The third-order valence-electron chi connectivity index (χ3n) is 3.89. The van der Waals surface area contributed by atoms with Gasteiger partial charge in [-0.05, 0) is 25.3 Å². The van der Waals surface area contributed by atoms with Gasteiger partial charge in [0.25, 0.3) is 0 Å². The summed E-state index contributed by atoms with van der Waals surface area (Å²) in [6.07, 6.45) is 4.61. The van der Waals surface area contributed by atoms with Crippen LogP contribution in [0.15, 0.2) is 36.5 Å². The highest BCUT2D eigenvalue weighted by Crippen LogP contribution is 2.19. The van der Waals surface area contributed by atoms with Gasteiger partial charge in [-0.1, -0.05) is 30.3 Å². The Hall–Kier alpha value is -1.23. The first-order valence-electron chi connectivity index (χ1n) is 7.59. The van der Waals surface area contributed by atoms with E-state index in [1.165, 1.54) is 15.4 Å². The van der Waals surface area contributed by atoms with E-state index in [0.29, 0.717) is 6.10 Å². The van der Waals surface area contributed by atoms with Crippen molar-refractivity contribution in [3.63, 3.8) is 0 Å². The van der Waals surface area contributed by atoms with Crippen molar-refractivity contribution in [1.29, 1.82) is 0 Å². The Balaban J connectivity index is 1.40. The predicted molar refractivity (Wildman–Crippen MR) is 86.4 cm³/mol. The molecule has 2 aromatic rings. The molecule has 0 bridgehead atoms. The zero-order valence-electron chi connectivity index (χ0n) is 12.5. The molecule has 112 valence electrons. The van der Waals surface area contributed by atoms with Crippen molar-refractivity contribution in [2.45, 2.75) is 39.0 Å². The fourth-order valence-electron chi connectivity index (χ4n) is 2.69. The summed E-state index contributed by atoms with van der Waals surface area (Å²) in [6, 6.07) is 10.4. The fourth-order valence-corrected chi connectivity index (χ4v) is 3.52. The van der Waals surface area contributed by atoms with Crippen LogP contribution in [-0.4, -0.2) is 29.1 Å². The van der Waals surface area contributed by atoms with Crippen molar-refractivity contribution in [2.75, 3.05) is 13.1 Å². The lowest BCUT2D eigenvalue weighted by atomic mass is 10.1. The Morgan fingerprint density at radius 1 is 1.24 bits per heavy atom. The van der Waals surface area contributed by atoms with E-state index in [-0.39, 0.29) is 0 Å². The number of hydrogen-bond donors (Lipinski definition) is 0. The lowest BCUT2D eigenvalue weighted by Gasteiger charge is -2.31. The Morgan fingerprint density at radius 3 is 2.67 bits per heavy atom. The van der Waals surface area contributed by atoms with Crippen molar-refractivity contribution in [3.8, 4) is 0 Å². The quantitative estimate of drug-likeness (QED) is 0.843. The molecule has 1 aromatic carbocycles. The van der Waals surface area contributed by atoms with Crippen LogP contribution >= 0.6 is 11.3 Å².